The highest BCUT2D eigenvalue weighted by Gasteiger charge is 2.16. The summed E-state index contributed by atoms with van der Waals surface area (Å²) >= 11 is 5.94. The van der Waals surface area contributed by atoms with E-state index in [4.69, 9.17) is 21.1 Å². The number of hydrogen-bond donors (Lipinski definition) is 1. The van der Waals surface area contributed by atoms with Crippen molar-refractivity contribution >= 4 is 35.1 Å². The lowest BCUT2D eigenvalue weighted by Crippen LogP contribution is -2.44. The number of nitrogens with zero attached hydrogens (tertiary/aromatic N) is 5. The van der Waals surface area contributed by atoms with E-state index in [0.29, 0.717) is 28.9 Å². The first kappa shape index (κ1) is 26.6. The van der Waals surface area contributed by atoms with Crippen molar-refractivity contribution in [1.82, 2.24) is 19.8 Å². The molecule has 0 bridgehead atoms. The quantitative estimate of drug-likeness (QED) is 0.401. The number of carbonyl (C=O) groups excluding carboxylic acids is 1. The molecule has 37 heavy (non-hydrogen) atoms. The minimum Gasteiger partial charge on any atom is -0.490 e. The summed E-state index contributed by atoms with van der Waals surface area (Å²) < 4.78 is 25.6. The molecule has 0 spiro atoms. The molecular weight excluding hydrogens is 499 g/mol. The summed E-state index contributed by atoms with van der Waals surface area (Å²) in [6, 6.07) is 12.7. The van der Waals surface area contributed by atoms with Gasteiger partial charge in [0.25, 0.3) is 0 Å². The summed E-state index contributed by atoms with van der Waals surface area (Å²) in [7, 11) is 3.65. The molecule has 0 atom stereocenters. The maximum Gasteiger partial charge on any atom is 0.420 e. The van der Waals surface area contributed by atoms with Crippen LogP contribution in [-0.2, 0) is 0 Å². The molecule has 2 heterocycles. The van der Waals surface area contributed by atoms with E-state index >= 15 is 0 Å². The van der Waals surface area contributed by atoms with Gasteiger partial charge >= 0.3 is 6.09 Å². The van der Waals surface area contributed by atoms with Crippen molar-refractivity contribution in [2.75, 3.05) is 63.6 Å². The van der Waals surface area contributed by atoms with Crippen molar-refractivity contribution in [3.63, 3.8) is 0 Å². The molecule has 11 heteroatoms. The molecule has 0 aliphatic carbocycles. The van der Waals surface area contributed by atoms with Crippen LogP contribution in [0, 0.1) is 5.82 Å². The number of halogens is 2. The van der Waals surface area contributed by atoms with E-state index in [2.05, 4.69) is 32.1 Å². The SMILES string of the molecule is CN1CCN(CCCOc2ccc(Nc3nccc(N(C)C(=O)Oc4cccc(Cl)c4)n3)cc2F)CC1. The van der Waals surface area contributed by atoms with Crippen molar-refractivity contribution in [2.24, 2.45) is 0 Å². The van der Waals surface area contributed by atoms with E-state index in [-0.39, 0.29) is 11.7 Å². The molecule has 2 aromatic carbocycles. The zero-order valence-electron chi connectivity index (χ0n) is 20.9. The fourth-order valence-corrected chi connectivity index (χ4v) is 3.94. The van der Waals surface area contributed by atoms with Gasteiger partial charge in [-0.2, -0.15) is 4.98 Å². The summed E-state index contributed by atoms with van der Waals surface area (Å²) in [5.74, 6) is 0.518. The Kier molecular flexibility index (Phi) is 9.10. The van der Waals surface area contributed by atoms with Gasteiger partial charge in [-0.15, -0.1) is 0 Å². The van der Waals surface area contributed by atoms with Gasteiger partial charge < -0.3 is 24.6 Å². The highest BCUT2D eigenvalue weighted by molar-refractivity contribution is 6.30. The second-order valence-electron chi connectivity index (χ2n) is 8.74. The van der Waals surface area contributed by atoms with Gasteiger partial charge in [-0.1, -0.05) is 17.7 Å². The van der Waals surface area contributed by atoms with Crippen LogP contribution in [0.1, 0.15) is 6.42 Å². The van der Waals surface area contributed by atoms with Crippen LogP contribution in [0.2, 0.25) is 5.02 Å². The van der Waals surface area contributed by atoms with Gasteiger partial charge in [0.15, 0.2) is 11.6 Å². The fraction of sp³-hybridized carbons (Fsp3) is 0.346. The highest BCUT2D eigenvalue weighted by Crippen LogP contribution is 2.24. The Bertz CT molecular complexity index is 1210. The number of anilines is 3. The predicted molar refractivity (Wildman–Crippen MR) is 142 cm³/mol. The monoisotopic (exact) mass is 528 g/mol. The van der Waals surface area contributed by atoms with Gasteiger partial charge in [-0.05, 0) is 49.9 Å². The molecule has 1 aromatic heterocycles. The molecule has 3 aromatic rings. The van der Waals surface area contributed by atoms with Crippen molar-refractivity contribution in [3.8, 4) is 11.5 Å². The van der Waals surface area contributed by atoms with Crippen molar-refractivity contribution in [2.45, 2.75) is 6.42 Å². The van der Waals surface area contributed by atoms with E-state index in [1.165, 1.54) is 30.3 Å². The third-order valence-electron chi connectivity index (χ3n) is 5.92. The largest absolute Gasteiger partial charge is 0.490 e. The lowest BCUT2D eigenvalue weighted by molar-refractivity contribution is 0.145. The van der Waals surface area contributed by atoms with Gasteiger partial charge in [0.1, 0.15) is 11.6 Å². The topological polar surface area (TPSA) is 83.1 Å². The number of piperazine rings is 1. The van der Waals surface area contributed by atoms with E-state index in [1.54, 1.807) is 36.4 Å². The summed E-state index contributed by atoms with van der Waals surface area (Å²) in [6.45, 7) is 5.61. The van der Waals surface area contributed by atoms with Crippen molar-refractivity contribution < 1.29 is 18.7 Å². The van der Waals surface area contributed by atoms with Gasteiger partial charge in [-0.25, -0.2) is 14.2 Å². The van der Waals surface area contributed by atoms with Crippen molar-refractivity contribution in [1.29, 1.82) is 0 Å². The van der Waals surface area contributed by atoms with Crippen LogP contribution in [0.25, 0.3) is 0 Å². The lowest BCUT2D eigenvalue weighted by atomic mass is 10.3. The molecule has 4 rings (SSSR count). The van der Waals surface area contributed by atoms with Gasteiger partial charge in [-0.3, -0.25) is 4.90 Å². The van der Waals surface area contributed by atoms with E-state index in [9.17, 15) is 9.18 Å². The number of likely N-dealkylation sites (N-methyl/N-ethyl adjacent to an activating group) is 1. The fourth-order valence-electron chi connectivity index (χ4n) is 3.76. The van der Waals surface area contributed by atoms with E-state index < -0.39 is 11.9 Å². The molecular formula is C26H30ClFN6O3. The second kappa shape index (κ2) is 12.7. The number of amides is 1. The predicted octanol–water partition coefficient (Wildman–Crippen LogP) is 4.66. The number of hydrogen-bond acceptors (Lipinski definition) is 8. The summed E-state index contributed by atoms with van der Waals surface area (Å²) in [5.41, 5.74) is 0.448. The number of rotatable bonds is 9. The van der Waals surface area contributed by atoms with Gasteiger partial charge in [0.05, 0.1) is 6.61 Å². The molecule has 0 saturated carbocycles. The maximum atomic E-state index is 14.6. The maximum absolute atomic E-state index is 14.6. The lowest BCUT2D eigenvalue weighted by Gasteiger charge is -2.32. The van der Waals surface area contributed by atoms with Crippen molar-refractivity contribution in [3.05, 3.63) is 65.6 Å². The number of nitrogens with one attached hydrogen (secondary N) is 1. The Labute approximate surface area is 220 Å². The number of benzene rings is 2. The third kappa shape index (κ3) is 7.75. The molecule has 9 nitrogen and oxygen atoms in total. The molecule has 1 saturated heterocycles. The Hall–Kier alpha value is -3.47. The van der Waals surface area contributed by atoms with E-state index in [0.717, 1.165) is 39.1 Å². The molecule has 0 unspecified atom stereocenters. The normalized spacial score (nSPS) is 14.3. The van der Waals surface area contributed by atoms with Crippen LogP contribution in [0.3, 0.4) is 0 Å². The first-order valence-electron chi connectivity index (χ1n) is 12.0. The zero-order chi connectivity index (χ0) is 26.2. The molecule has 1 aliphatic heterocycles. The van der Waals surface area contributed by atoms with Crippen LogP contribution in [0.15, 0.2) is 54.7 Å². The number of aromatic nitrogens is 2. The molecule has 196 valence electrons. The average Bonchev–Trinajstić information content (AvgIpc) is 2.88. The third-order valence-corrected chi connectivity index (χ3v) is 6.15. The van der Waals surface area contributed by atoms with Crippen LogP contribution in [0.5, 0.6) is 11.5 Å². The molecule has 1 fully saturated rings. The Morgan fingerprint density at radius 3 is 2.73 bits per heavy atom. The van der Waals surface area contributed by atoms with E-state index in [1.807, 2.05) is 0 Å². The van der Waals surface area contributed by atoms with Crippen LogP contribution < -0.4 is 19.7 Å². The molecule has 1 N–H and O–H groups in total. The molecule has 1 aliphatic rings. The molecule has 0 radical (unpaired) electrons. The minimum absolute atomic E-state index is 0.195. The summed E-state index contributed by atoms with van der Waals surface area (Å²) in [4.78, 5) is 26.9. The number of ether oxygens (including phenoxy) is 2. The van der Waals surface area contributed by atoms with Crippen LogP contribution >= 0.6 is 11.6 Å². The first-order chi connectivity index (χ1) is 17.9. The smallest absolute Gasteiger partial charge is 0.420 e. The minimum atomic E-state index is -0.646. The average molecular weight is 529 g/mol. The van der Waals surface area contributed by atoms with Crippen LogP contribution in [0.4, 0.5) is 26.6 Å². The number of carbonyl (C=O) groups is 1. The Balaban J connectivity index is 1.29. The Morgan fingerprint density at radius 1 is 1.16 bits per heavy atom. The summed E-state index contributed by atoms with van der Waals surface area (Å²) in [5, 5.41) is 3.41. The Morgan fingerprint density at radius 2 is 1.97 bits per heavy atom. The highest BCUT2D eigenvalue weighted by atomic mass is 35.5. The van der Waals surface area contributed by atoms with Crippen LogP contribution in [-0.4, -0.2) is 79.3 Å². The second-order valence-corrected chi connectivity index (χ2v) is 9.18. The van der Waals surface area contributed by atoms with Gasteiger partial charge in [0.2, 0.25) is 5.95 Å². The van der Waals surface area contributed by atoms with Gasteiger partial charge in [0, 0.05) is 62.7 Å². The summed E-state index contributed by atoms with van der Waals surface area (Å²) in [6.07, 6.45) is 1.67. The zero-order valence-corrected chi connectivity index (χ0v) is 21.6. The first-order valence-corrected chi connectivity index (χ1v) is 12.4. The standard InChI is InChI=1S/C26H30ClFN6O3/c1-32-12-14-34(15-13-32)11-4-16-36-23-8-7-20(18-22(23)28)30-25-29-10-9-24(31-25)33(2)26(35)37-21-6-3-5-19(27)17-21/h3,5-10,17-18H,4,11-16H2,1-2H3,(H,29,30,31). The molecule has 1 amide bonds.